The van der Waals surface area contributed by atoms with Gasteiger partial charge < -0.3 is 5.11 Å². The molecule has 0 spiro atoms. The van der Waals surface area contributed by atoms with Crippen molar-refractivity contribution in [3.8, 4) is 0 Å². The second-order valence-corrected chi connectivity index (χ2v) is 7.55. The van der Waals surface area contributed by atoms with Crippen molar-refractivity contribution >= 4 is 21.9 Å². The number of likely N-dealkylation sites (tertiary alicyclic amines) is 1. The molecular weight excluding hydrogens is 318 g/mol. The Bertz CT molecular complexity index is 508. The first-order valence-electron chi connectivity index (χ1n) is 7.01. The highest BCUT2D eigenvalue weighted by molar-refractivity contribution is 9.10. The van der Waals surface area contributed by atoms with E-state index < -0.39 is 5.97 Å². The summed E-state index contributed by atoms with van der Waals surface area (Å²) in [4.78, 5) is 13.4. The number of hydrogen-bond acceptors (Lipinski definition) is 2. The molecule has 1 aromatic carbocycles. The van der Waals surface area contributed by atoms with Crippen LogP contribution >= 0.6 is 15.9 Å². The lowest BCUT2D eigenvalue weighted by molar-refractivity contribution is 0.0697. The molecule has 0 aromatic heterocycles. The summed E-state index contributed by atoms with van der Waals surface area (Å²) in [7, 11) is 0. The average molecular weight is 340 g/mol. The van der Waals surface area contributed by atoms with E-state index in [2.05, 4.69) is 41.6 Å². The van der Waals surface area contributed by atoms with Crippen molar-refractivity contribution in [3.63, 3.8) is 0 Å². The van der Waals surface area contributed by atoms with E-state index in [0.717, 1.165) is 35.6 Å². The maximum atomic E-state index is 10.9. The molecule has 3 nitrogen and oxygen atoms in total. The molecule has 0 amide bonds. The summed E-state index contributed by atoms with van der Waals surface area (Å²) in [5.74, 6) is -0.147. The van der Waals surface area contributed by atoms with Crippen molar-refractivity contribution in [2.24, 2.45) is 11.3 Å². The fourth-order valence-electron chi connectivity index (χ4n) is 2.73. The van der Waals surface area contributed by atoms with Gasteiger partial charge in [-0.3, -0.25) is 4.90 Å². The molecule has 1 aromatic rings. The second-order valence-electron chi connectivity index (χ2n) is 6.70. The molecule has 0 radical (unpaired) electrons. The second kappa shape index (κ2) is 5.86. The summed E-state index contributed by atoms with van der Waals surface area (Å²) in [6.07, 6.45) is 1.24. The van der Waals surface area contributed by atoms with Crippen molar-refractivity contribution < 1.29 is 9.90 Å². The summed E-state index contributed by atoms with van der Waals surface area (Å²) in [5.41, 5.74) is 1.85. The van der Waals surface area contributed by atoms with Gasteiger partial charge in [0.15, 0.2) is 0 Å². The zero-order chi connectivity index (χ0) is 14.9. The highest BCUT2D eigenvalue weighted by atomic mass is 79.9. The Kier molecular flexibility index (Phi) is 4.55. The number of aromatic carboxylic acids is 1. The van der Waals surface area contributed by atoms with Crippen LogP contribution in [0, 0.1) is 11.3 Å². The lowest BCUT2D eigenvalue weighted by Crippen LogP contribution is -2.25. The van der Waals surface area contributed by atoms with Crippen LogP contribution in [0.15, 0.2) is 22.7 Å². The minimum absolute atomic E-state index is 0.328. The van der Waals surface area contributed by atoms with Crippen LogP contribution in [-0.4, -0.2) is 29.1 Å². The van der Waals surface area contributed by atoms with Crippen LogP contribution in [0.2, 0.25) is 0 Å². The van der Waals surface area contributed by atoms with E-state index in [4.69, 9.17) is 5.11 Å². The minimum atomic E-state index is -0.883. The molecule has 110 valence electrons. The quantitative estimate of drug-likeness (QED) is 0.904. The van der Waals surface area contributed by atoms with E-state index in [0.29, 0.717) is 11.0 Å². The molecule has 1 heterocycles. The van der Waals surface area contributed by atoms with Crippen LogP contribution in [-0.2, 0) is 6.54 Å². The Morgan fingerprint density at radius 1 is 1.45 bits per heavy atom. The molecule has 1 aliphatic heterocycles. The van der Waals surface area contributed by atoms with E-state index in [-0.39, 0.29) is 0 Å². The van der Waals surface area contributed by atoms with Gasteiger partial charge in [0.05, 0.1) is 5.56 Å². The summed E-state index contributed by atoms with van der Waals surface area (Å²) in [6.45, 7) is 10.0. The Morgan fingerprint density at radius 3 is 2.65 bits per heavy atom. The van der Waals surface area contributed by atoms with Crippen molar-refractivity contribution in [2.45, 2.75) is 33.7 Å². The molecule has 1 saturated heterocycles. The van der Waals surface area contributed by atoms with E-state index >= 15 is 0 Å². The number of nitrogens with zero attached hydrogens (tertiary/aromatic N) is 1. The average Bonchev–Trinajstić information content (AvgIpc) is 2.80. The predicted molar refractivity (Wildman–Crippen MR) is 83.9 cm³/mol. The number of carbonyl (C=O) groups is 1. The van der Waals surface area contributed by atoms with Gasteiger partial charge >= 0.3 is 5.97 Å². The van der Waals surface area contributed by atoms with E-state index in [1.807, 2.05) is 6.07 Å². The Morgan fingerprint density at radius 2 is 2.15 bits per heavy atom. The van der Waals surface area contributed by atoms with Gasteiger partial charge in [0.1, 0.15) is 0 Å². The van der Waals surface area contributed by atoms with E-state index in [9.17, 15) is 4.79 Å². The molecule has 0 saturated carbocycles. The topological polar surface area (TPSA) is 40.5 Å². The summed E-state index contributed by atoms with van der Waals surface area (Å²) < 4.78 is 0.886. The van der Waals surface area contributed by atoms with Crippen LogP contribution in [0.5, 0.6) is 0 Å². The standard InChI is InChI=1S/C16H22BrNO2/c1-16(2,3)13-6-7-18(10-13)9-12-5-4-11(15(19)20)8-14(12)17/h4-5,8,13H,6-7,9-10H2,1-3H3,(H,19,20). The van der Waals surface area contributed by atoms with Gasteiger partial charge in [-0.2, -0.15) is 0 Å². The highest BCUT2D eigenvalue weighted by Crippen LogP contribution is 2.34. The van der Waals surface area contributed by atoms with Gasteiger partial charge in [0, 0.05) is 17.6 Å². The Balaban J connectivity index is 2.03. The zero-order valence-corrected chi connectivity index (χ0v) is 13.9. The lowest BCUT2D eigenvalue weighted by Gasteiger charge is -2.27. The SMILES string of the molecule is CC(C)(C)C1CCN(Cc2ccc(C(=O)O)cc2Br)C1. The number of benzene rings is 1. The van der Waals surface area contributed by atoms with Gasteiger partial charge in [-0.05, 0) is 42.0 Å². The largest absolute Gasteiger partial charge is 0.478 e. The number of halogens is 1. The number of carboxylic acid groups (broad SMARTS) is 1. The third-order valence-corrected chi connectivity index (χ3v) is 4.93. The van der Waals surface area contributed by atoms with E-state index in [1.165, 1.54) is 6.42 Å². The fourth-order valence-corrected chi connectivity index (χ4v) is 3.24. The van der Waals surface area contributed by atoms with Crippen LogP contribution in [0.3, 0.4) is 0 Å². The van der Waals surface area contributed by atoms with E-state index in [1.54, 1.807) is 12.1 Å². The van der Waals surface area contributed by atoms with Gasteiger partial charge in [0.25, 0.3) is 0 Å². The van der Waals surface area contributed by atoms with Crippen LogP contribution in [0.25, 0.3) is 0 Å². The maximum absolute atomic E-state index is 10.9. The first kappa shape index (κ1) is 15.5. The van der Waals surface area contributed by atoms with Crippen molar-refractivity contribution in [1.82, 2.24) is 4.90 Å². The van der Waals surface area contributed by atoms with Crippen molar-refractivity contribution in [3.05, 3.63) is 33.8 Å². The number of carboxylic acids is 1. The maximum Gasteiger partial charge on any atom is 0.335 e. The monoisotopic (exact) mass is 339 g/mol. The van der Waals surface area contributed by atoms with Gasteiger partial charge in [0.2, 0.25) is 0 Å². The third-order valence-electron chi connectivity index (χ3n) is 4.19. The molecular formula is C16H22BrNO2. The summed E-state index contributed by atoms with van der Waals surface area (Å²) in [6, 6.07) is 5.28. The molecule has 0 aliphatic carbocycles. The summed E-state index contributed by atoms with van der Waals surface area (Å²) in [5, 5.41) is 8.98. The molecule has 1 unspecified atom stereocenters. The normalized spacial score (nSPS) is 20.3. The van der Waals surface area contributed by atoms with Crippen molar-refractivity contribution in [1.29, 1.82) is 0 Å². The predicted octanol–water partition coefficient (Wildman–Crippen LogP) is 4.02. The molecule has 4 heteroatoms. The summed E-state index contributed by atoms with van der Waals surface area (Å²) >= 11 is 3.49. The molecule has 1 atom stereocenters. The van der Waals surface area contributed by atoms with Crippen LogP contribution < -0.4 is 0 Å². The third kappa shape index (κ3) is 3.61. The fraction of sp³-hybridized carbons (Fsp3) is 0.562. The van der Waals surface area contributed by atoms with Gasteiger partial charge in [-0.1, -0.05) is 42.8 Å². The molecule has 1 N–H and O–H groups in total. The smallest absolute Gasteiger partial charge is 0.335 e. The number of hydrogen-bond donors (Lipinski definition) is 1. The lowest BCUT2D eigenvalue weighted by atomic mass is 9.80. The highest BCUT2D eigenvalue weighted by Gasteiger charge is 2.31. The van der Waals surface area contributed by atoms with Gasteiger partial charge in [-0.15, -0.1) is 0 Å². The minimum Gasteiger partial charge on any atom is -0.478 e. The number of rotatable bonds is 3. The van der Waals surface area contributed by atoms with Gasteiger partial charge in [-0.25, -0.2) is 4.79 Å². The zero-order valence-electron chi connectivity index (χ0n) is 12.3. The Labute approximate surface area is 129 Å². The van der Waals surface area contributed by atoms with Crippen LogP contribution in [0.4, 0.5) is 0 Å². The molecule has 20 heavy (non-hydrogen) atoms. The molecule has 0 bridgehead atoms. The Hall–Kier alpha value is -0.870. The first-order chi connectivity index (χ1) is 9.27. The molecule has 1 fully saturated rings. The molecule has 1 aliphatic rings. The first-order valence-corrected chi connectivity index (χ1v) is 7.81. The molecule has 2 rings (SSSR count). The van der Waals surface area contributed by atoms with Crippen LogP contribution in [0.1, 0.15) is 43.1 Å². The van der Waals surface area contributed by atoms with Crippen molar-refractivity contribution in [2.75, 3.05) is 13.1 Å².